The van der Waals surface area contributed by atoms with Crippen LogP contribution in [0.25, 0.3) is 10.9 Å². The Morgan fingerprint density at radius 1 is 1.26 bits per heavy atom. The first-order valence-electron chi connectivity index (χ1n) is 10.2. The molecule has 3 rings (SSSR count). The third-order valence-corrected chi connectivity index (χ3v) is 5.48. The highest BCUT2D eigenvalue weighted by Gasteiger charge is 2.35. The van der Waals surface area contributed by atoms with E-state index in [9.17, 15) is 9.59 Å². The van der Waals surface area contributed by atoms with Crippen molar-refractivity contribution in [3.8, 4) is 0 Å². The molecule has 2 aromatic rings. The van der Waals surface area contributed by atoms with Crippen molar-refractivity contribution < 1.29 is 9.59 Å². The predicted octanol–water partition coefficient (Wildman–Crippen LogP) is 3.95. The molecule has 2 N–H and O–H groups in total. The van der Waals surface area contributed by atoms with Gasteiger partial charge >= 0.3 is 0 Å². The number of unbranched alkanes of at least 4 members (excludes halogenated alkanes) is 2. The fraction of sp³-hybridized carbons (Fsp3) is 0.545. The summed E-state index contributed by atoms with van der Waals surface area (Å²) >= 11 is 0. The average molecular weight is 370 g/mol. The van der Waals surface area contributed by atoms with Gasteiger partial charge in [0.2, 0.25) is 11.8 Å². The Balaban J connectivity index is 1.72. The van der Waals surface area contributed by atoms with Crippen LogP contribution in [-0.2, 0) is 16.0 Å². The molecular formula is C22H31N3O2. The van der Waals surface area contributed by atoms with Gasteiger partial charge in [0.15, 0.2) is 0 Å². The number of amides is 2. The Bertz CT molecular complexity index is 809. The van der Waals surface area contributed by atoms with E-state index < -0.39 is 0 Å². The molecule has 27 heavy (non-hydrogen) atoms. The number of carbonyl (C=O) groups excluding carboxylic acids is 2. The first-order chi connectivity index (χ1) is 13.0. The first-order valence-corrected chi connectivity index (χ1v) is 10.2. The number of hydrogen-bond donors (Lipinski definition) is 2. The quantitative estimate of drug-likeness (QED) is 0.726. The number of aromatic amines is 1. The van der Waals surface area contributed by atoms with Crippen molar-refractivity contribution in [3.63, 3.8) is 0 Å². The summed E-state index contributed by atoms with van der Waals surface area (Å²) in [6, 6.07) is 8.35. The normalized spacial score (nSPS) is 16.6. The van der Waals surface area contributed by atoms with E-state index in [0.29, 0.717) is 18.9 Å². The molecule has 0 spiro atoms. The molecule has 1 atom stereocenters. The summed E-state index contributed by atoms with van der Waals surface area (Å²) in [6.45, 7) is 7.19. The Hall–Kier alpha value is -2.30. The number of nitrogens with zero attached hydrogens (tertiary/aromatic N) is 1. The van der Waals surface area contributed by atoms with Gasteiger partial charge in [0, 0.05) is 29.6 Å². The number of hydrogen-bond acceptors (Lipinski definition) is 2. The highest BCUT2D eigenvalue weighted by molar-refractivity contribution is 5.87. The van der Waals surface area contributed by atoms with Crippen LogP contribution < -0.4 is 5.32 Å². The van der Waals surface area contributed by atoms with E-state index in [-0.39, 0.29) is 24.4 Å². The SMILES string of the molecule is CCCCCC(=O)NCC(=O)N1CCc2c([nH]c3ccccc23)C1C(C)C. The lowest BCUT2D eigenvalue weighted by atomic mass is 9.90. The summed E-state index contributed by atoms with van der Waals surface area (Å²) in [5.74, 6) is 0.268. The van der Waals surface area contributed by atoms with Crippen LogP contribution in [0.1, 0.15) is 63.8 Å². The molecule has 5 heteroatoms. The number of rotatable bonds is 7. The lowest BCUT2D eigenvalue weighted by molar-refractivity contribution is -0.136. The second-order valence-electron chi connectivity index (χ2n) is 7.82. The zero-order valence-electron chi connectivity index (χ0n) is 16.7. The molecule has 1 aromatic heterocycles. The van der Waals surface area contributed by atoms with Crippen LogP contribution in [0.15, 0.2) is 24.3 Å². The molecule has 1 aromatic carbocycles. The number of carbonyl (C=O) groups is 2. The van der Waals surface area contributed by atoms with Crippen LogP contribution in [0, 0.1) is 5.92 Å². The molecule has 2 heterocycles. The van der Waals surface area contributed by atoms with E-state index in [4.69, 9.17) is 0 Å². The van der Waals surface area contributed by atoms with Crippen molar-refractivity contribution >= 4 is 22.7 Å². The summed E-state index contributed by atoms with van der Waals surface area (Å²) in [6.07, 6.45) is 4.36. The Kier molecular flexibility index (Phi) is 6.19. The summed E-state index contributed by atoms with van der Waals surface area (Å²) in [7, 11) is 0. The second-order valence-corrected chi connectivity index (χ2v) is 7.82. The fourth-order valence-electron chi connectivity index (χ4n) is 4.14. The maximum absolute atomic E-state index is 12.9. The summed E-state index contributed by atoms with van der Waals surface area (Å²) in [5.41, 5.74) is 3.61. The number of para-hydroxylation sites is 1. The topological polar surface area (TPSA) is 65.2 Å². The summed E-state index contributed by atoms with van der Waals surface area (Å²) in [4.78, 5) is 30.3. The molecule has 0 saturated heterocycles. The van der Waals surface area contributed by atoms with Gasteiger partial charge in [-0.15, -0.1) is 0 Å². The zero-order chi connectivity index (χ0) is 19.4. The van der Waals surface area contributed by atoms with Crippen LogP contribution in [0.4, 0.5) is 0 Å². The molecule has 5 nitrogen and oxygen atoms in total. The van der Waals surface area contributed by atoms with Crippen LogP contribution >= 0.6 is 0 Å². The van der Waals surface area contributed by atoms with E-state index >= 15 is 0 Å². The maximum Gasteiger partial charge on any atom is 0.242 e. The van der Waals surface area contributed by atoms with Gasteiger partial charge in [-0.25, -0.2) is 0 Å². The third kappa shape index (κ3) is 4.18. The Morgan fingerprint density at radius 3 is 2.78 bits per heavy atom. The summed E-state index contributed by atoms with van der Waals surface area (Å²) in [5, 5.41) is 4.07. The van der Waals surface area contributed by atoms with Gasteiger partial charge in [0.1, 0.15) is 0 Å². The monoisotopic (exact) mass is 369 g/mol. The Morgan fingerprint density at radius 2 is 2.04 bits per heavy atom. The van der Waals surface area contributed by atoms with Gasteiger partial charge in [-0.3, -0.25) is 9.59 Å². The minimum Gasteiger partial charge on any atom is -0.356 e. The highest BCUT2D eigenvalue weighted by atomic mass is 16.2. The number of fused-ring (bicyclic) bond motifs is 3. The van der Waals surface area contributed by atoms with Gasteiger partial charge in [0.25, 0.3) is 0 Å². The molecule has 2 amide bonds. The third-order valence-electron chi connectivity index (χ3n) is 5.48. The van der Waals surface area contributed by atoms with Gasteiger partial charge in [-0.1, -0.05) is 51.8 Å². The molecule has 146 valence electrons. The number of H-pyrrole nitrogens is 1. The molecule has 1 aliphatic rings. The van der Waals surface area contributed by atoms with Crippen molar-refractivity contribution in [1.82, 2.24) is 15.2 Å². The van der Waals surface area contributed by atoms with Crippen molar-refractivity contribution in [2.24, 2.45) is 5.92 Å². The van der Waals surface area contributed by atoms with E-state index in [2.05, 4.69) is 49.3 Å². The van der Waals surface area contributed by atoms with E-state index in [1.54, 1.807) is 0 Å². The molecular weight excluding hydrogens is 338 g/mol. The second kappa shape index (κ2) is 8.59. The number of aromatic nitrogens is 1. The lowest BCUT2D eigenvalue weighted by Gasteiger charge is -2.38. The lowest BCUT2D eigenvalue weighted by Crippen LogP contribution is -2.46. The van der Waals surface area contributed by atoms with Crippen LogP contribution in [0.3, 0.4) is 0 Å². The first kappa shape index (κ1) is 19.5. The van der Waals surface area contributed by atoms with E-state index in [1.165, 1.54) is 10.9 Å². The van der Waals surface area contributed by atoms with Gasteiger partial charge in [0.05, 0.1) is 12.6 Å². The largest absolute Gasteiger partial charge is 0.356 e. The number of nitrogens with one attached hydrogen (secondary N) is 2. The standard InChI is InChI=1S/C22H31N3O2/c1-4-5-6-11-19(26)23-14-20(27)25-13-12-17-16-9-7-8-10-18(16)24-21(17)22(25)15(2)3/h7-10,15,22,24H,4-6,11-14H2,1-3H3,(H,23,26). The van der Waals surface area contributed by atoms with Crippen molar-refractivity contribution in [2.45, 2.75) is 58.9 Å². The maximum atomic E-state index is 12.9. The van der Waals surface area contributed by atoms with Crippen molar-refractivity contribution in [1.29, 1.82) is 0 Å². The molecule has 1 aliphatic heterocycles. The Labute approximate surface area is 161 Å². The van der Waals surface area contributed by atoms with E-state index in [0.717, 1.165) is 36.9 Å². The zero-order valence-corrected chi connectivity index (χ0v) is 16.7. The van der Waals surface area contributed by atoms with Crippen LogP contribution in [0.2, 0.25) is 0 Å². The molecule has 0 bridgehead atoms. The predicted molar refractivity (Wildman–Crippen MR) is 108 cm³/mol. The smallest absolute Gasteiger partial charge is 0.242 e. The number of benzene rings is 1. The van der Waals surface area contributed by atoms with Crippen molar-refractivity contribution in [3.05, 3.63) is 35.5 Å². The molecule has 0 aliphatic carbocycles. The van der Waals surface area contributed by atoms with Gasteiger partial charge in [-0.05, 0) is 30.4 Å². The molecule has 0 fully saturated rings. The van der Waals surface area contributed by atoms with Gasteiger partial charge < -0.3 is 15.2 Å². The molecule has 0 radical (unpaired) electrons. The highest BCUT2D eigenvalue weighted by Crippen LogP contribution is 2.38. The van der Waals surface area contributed by atoms with Crippen LogP contribution in [-0.4, -0.2) is 34.8 Å². The van der Waals surface area contributed by atoms with E-state index in [1.807, 2.05) is 11.0 Å². The molecule has 1 unspecified atom stereocenters. The summed E-state index contributed by atoms with van der Waals surface area (Å²) < 4.78 is 0. The fourth-order valence-corrected chi connectivity index (χ4v) is 4.14. The minimum atomic E-state index is -0.0267. The van der Waals surface area contributed by atoms with Crippen molar-refractivity contribution in [2.75, 3.05) is 13.1 Å². The minimum absolute atomic E-state index is 0.00171. The average Bonchev–Trinajstić information content (AvgIpc) is 3.03. The van der Waals surface area contributed by atoms with Crippen LogP contribution in [0.5, 0.6) is 0 Å². The molecule has 0 saturated carbocycles. The van der Waals surface area contributed by atoms with Gasteiger partial charge in [-0.2, -0.15) is 0 Å².